The fourth-order valence-corrected chi connectivity index (χ4v) is 5.02. The van der Waals surface area contributed by atoms with Crippen LogP contribution in [0.1, 0.15) is 19.5 Å². The SMILES string of the molecule is COc1ccc(-c2sc(NCC(C)C)nc2C)cc1S(=O)(=O)Nc1ccc(O)cc1. The summed E-state index contributed by atoms with van der Waals surface area (Å²) >= 11 is 1.49. The number of benzene rings is 2. The number of aryl methyl sites for hydroxylation is 1. The lowest BCUT2D eigenvalue weighted by Crippen LogP contribution is -2.14. The maximum atomic E-state index is 13.0. The topological polar surface area (TPSA) is 101 Å². The van der Waals surface area contributed by atoms with E-state index in [1.165, 1.54) is 42.7 Å². The average Bonchev–Trinajstić information content (AvgIpc) is 3.08. The Balaban J connectivity index is 1.96. The first kappa shape index (κ1) is 21.9. The van der Waals surface area contributed by atoms with E-state index in [4.69, 9.17) is 4.74 Å². The Bertz CT molecular complexity index is 1120. The van der Waals surface area contributed by atoms with Crippen LogP contribution in [0.15, 0.2) is 47.4 Å². The summed E-state index contributed by atoms with van der Waals surface area (Å²) in [6.07, 6.45) is 0. The number of nitrogens with zero attached hydrogens (tertiary/aromatic N) is 1. The van der Waals surface area contributed by atoms with E-state index in [-0.39, 0.29) is 16.4 Å². The standard InChI is InChI=1S/C21H25N3O4S2/c1-13(2)12-22-21-23-14(3)20(29-21)15-5-10-18(28-4)19(11-15)30(26,27)24-16-6-8-17(25)9-7-16/h5-11,13,24-25H,12H2,1-4H3,(H,22,23). The minimum absolute atomic E-state index is 0.0278. The maximum absolute atomic E-state index is 13.0. The number of phenols is 1. The van der Waals surface area contributed by atoms with E-state index in [1.54, 1.807) is 12.1 Å². The molecule has 0 spiro atoms. The van der Waals surface area contributed by atoms with Crippen LogP contribution in [-0.4, -0.2) is 32.2 Å². The van der Waals surface area contributed by atoms with E-state index >= 15 is 0 Å². The number of aromatic nitrogens is 1. The zero-order valence-electron chi connectivity index (χ0n) is 17.3. The van der Waals surface area contributed by atoms with Crippen molar-refractivity contribution in [1.82, 2.24) is 4.98 Å². The molecule has 0 aliphatic heterocycles. The Morgan fingerprint density at radius 1 is 1.17 bits per heavy atom. The molecule has 1 aromatic heterocycles. The van der Waals surface area contributed by atoms with Gasteiger partial charge in [-0.05, 0) is 60.9 Å². The lowest BCUT2D eigenvalue weighted by Gasteiger charge is -2.13. The van der Waals surface area contributed by atoms with E-state index in [0.29, 0.717) is 11.6 Å². The largest absolute Gasteiger partial charge is 0.508 e. The van der Waals surface area contributed by atoms with Crippen molar-refractivity contribution in [3.8, 4) is 21.9 Å². The molecule has 30 heavy (non-hydrogen) atoms. The molecule has 7 nitrogen and oxygen atoms in total. The third kappa shape index (κ3) is 5.03. The highest BCUT2D eigenvalue weighted by Gasteiger charge is 2.22. The van der Waals surface area contributed by atoms with Crippen LogP contribution in [0, 0.1) is 12.8 Å². The molecule has 0 amide bonds. The molecule has 0 saturated carbocycles. The van der Waals surface area contributed by atoms with Crippen molar-refractivity contribution in [3.63, 3.8) is 0 Å². The number of anilines is 2. The number of aromatic hydroxyl groups is 1. The molecule has 3 aromatic rings. The number of hydrogen-bond acceptors (Lipinski definition) is 7. The molecule has 9 heteroatoms. The second-order valence-corrected chi connectivity index (χ2v) is 9.88. The van der Waals surface area contributed by atoms with Gasteiger partial charge in [-0.1, -0.05) is 25.2 Å². The Morgan fingerprint density at radius 3 is 2.50 bits per heavy atom. The molecule has 0 aliphatic rings. The van der Waals surface area contributed by atoms with Gasteiger partial charge in [-0.2, -0.15) is 0 Å². The molecule has 0 atom stereocenters. The van der Waals surface area contributed by atoms with Gasteiger partial charge in [0.2, 0.25) is 0 Å². The van der Waals surface area contributed by atoms with Gasteiger partial charge in [0.1, 0.15) is 16.4 Å². The number of sulfonamides is 1. The normalized spacial score (nSPS) is 11.5. The summed E-state index contributed by atoms with van der Waals surface area (Å²) < 4.78 is 33.9. The van der Waals surface area contributed by atoms with Gasteiger partial charge in [-0.15, -0.1) is 0 Å². The summed E-state index contributed by atoms with van der Waals surface area (Å²) in [5.41, 5.74) is 1.91. The summed E-state index contributed by atoms with van der Waals surface area (Å²) in [6.45, 7) is 6.96. The van der Waals surface area contributed by atoms with Gasteiger partial charge in [0.25, 0.3) is 10.0 Å². The first-order chi connectivity index (χ1) is 14.2. The van der Waals surface area contributed by atoms with Crippen LogP contribution in [0.3, 0.4) is 0 Å². The lowest BCUT2D eigenvalue weighted by molar-refractivity contribution is 0.403. The predicted octanol–water partition coefficient (Wildman–Crippen LogP) is 4.70. The summed E-state index contributed by atoms with van der Waals surface area (Å²) in [5.74, 6) is 0.784. The van der Waals surface area contributed by atoms with Crippen LogP contribution < -0.4 is 14.8 Å². The fraction of sp³-hybridized carbons (Fsp3) is 0.286. The third-order valence-corrected chi connectivity index (χ3v) is 6.86. The van der Waals surface area contributed by atoms with E-state index in [9.17, 15) is 13.5 Å². The summed E-state index contributed by atoms with van der Waals surface area (Å²) in [7, 11) is -2.48. The highest BCUT2D eigenvalue weighted by Crippen LogP contribution is 2.37. The number of nitrogens with one attached hydrogen (secondary N) is 2. The zero-order chi connectivity index (χ0) is 21.9. The number of thiazole rings is 1. The van der Waals surface area contributed by atoms with Crippen molar-refractivity contribution in [2.75, 3.05) is 23.7 Å². The van der Waals surface area contributed by atoms with E-state index in [1.807, 2.05) is 13.0 Å². The molecular formula is C21H25N3O4S2. The monoisotopic (exact) mass is 447 g/mol. The van der Waals surface area contributed by atoms with Crippen molar-refractivity contribution in [1.29, 1.82) is 0 Å². The first-order valence-electron chi connectivity index (χ1n) is 9.41. The van der Waals surface area contributed by atoms with Crippen LogP contribution in [0.2, 0.25) is 0 Å². The number of phenolic OH excluding ortho intramolecular Hbond substituents is 1. The Morgan fingerprint density at radius 2 is 1.87 bits per heavy atom. The Labute approximate surface area is 180 Å². The van der Waals surface area contributed by atoms with Gasteiger partial charge >= 0.3 is 0 Å². The van der Waals surface area contributed by atoms with Crippen molar-refractivity contribution < 1.29 is 18.3 Å². The number of methoxy groups -OCH3 is 1. The quantitative estimate of drug-likeness (QED) is 0.433. The van der Waals surface area contributed by atoms with Gasteiger partial charge in [-0.25, -0.2) is 13.4 Å². The predicted molar refractivity (Wildman–Crippen MR) is 121 cm³/mol. The third-order valence-electron chi connectivity index (χ3n) is 4.29. The molecule has 0 bridgehead atoms. The number of rotatable bonds is 8. The maximum Gasteiger partial charge on any atom is 0.265 e. The summed E-state index contributed by atoms with van der Waals surface area (Å²) in [5, 5.41) is 13.5. The number of ether oxygens (including phenoxy) is 1. The molecule has 0 unspecified atom stereocenters. The molecular weight excluding hydrogens is 422 g/mol. The van der Waals surface area contributed by atoms with E-state index in [0.717, 1.165) is 27.8 Å². The molecule has 2 aromatic carbocycles. The lowest BCUT2D eigenvalue weighted by atomic mass is 10.1. The van der Waals surface area contributed by atoms with Crippen molar-refractivity contribution in [3.05, 3.63) is 48.2 Å². The first-order valence-corrected chi connectivity index (χ1v) is 11.7. The van der Waals surface area contributed by atoms with Crippen LogP contribution in [-0.2, 0) is 10.0 Å². The van der Waals surface area contributed by atoms with Crippen LogP contribution >= 0.6 is 11.3 Å². The smallest absolute Gasteiger partial charge is 0.265 e. The Hall–Kier alpha value is -2.78. The minimum atomic E-state index is -3.91. The number of hydrogen-bond donors (Lipinski definition) is 3. The van der Waals surface area contributed by atoms with E-state index in [2.05, 4.69) is 28.9 Å². The average molecular weight is 448 g/mol. The van der Waals surface area contributed by atoms with E-state index < -0.39 is 10.0 Å². The van der Waals surface area contributed by atoms with Gasteiger partial charge in [0.15, 0.2) is 5.13 Å². The molecule has 0 saturated heterocycles. The second-order valence-electron chi connectivity index (χ2n) is 7.23. The molecule has 0 fully saturated rings. The highest BCUT2D eigenvalue weighted by atomic mass is 32.2. The van der Waals surface area contributed by atoms with Gasteiger partial charge in [0.05, 0.1) is 17.7 Å². The van der Waals surface area contributed by atoms with Crippen LogP contribution in [0.25, 0.3) is 10.4 Å². The van der Waals surface area contributed by atoms with Crippen molar-refractivity contribution in [2.24, 2.45) is 5.92 Å². The Kier molecular flexibility index (Phi) is 6.52. The molecule has 160 valence electrons. The molecule has 0 aliphatic carbocycles. The second kappa shape index (κ2) is 8.93. The fourth-order valence-electron chi connectivity index (χ4n) is 2.80. The molecule has 3 rings (SSSR count). The van der Waals surface area contributed by atoms with Gasteiger partial charge in [0, 0.05) is 12.2 Å². The summed E-state index contributed by atoms with van der Waals surface area (Å²) in [6, 6.07) is 10.9. The van der Waals surface area contributed by atoms with Crippen molar-refractivity contribution >= 4 is 32.2 Å². The van der Waals surface area contributed by atoms with Crippen LogP contribution in [0.5, 0.6) is 11.5 Å². The van der Waals surface area contributed by atoms with Crippen LogP contribution in [0.4, 0.5) is 10.8 Å². The zero-order valence-corrected chi connectivity index (χ0v) is 18.9. The molecule has 3 N–H and O–H groups in total. The molecule has 0 radical (unpaired) electrons. The summed E-state index contributed by atoms with van der Waals surface area (Å²) in [4.78, 5) is 5.48. The van der Waals surface area contributed by atoms with Gasteiger partial charge in [-0.3, -0.25) is 4.72 Å². The van der Waals surface area contributed by atoms with Crippen molar-refractivity contribution in [2.45, 2.75) is 25.7 Å². The minimum Gasteiger partial charge on any atom is -0.508 e. The van der Waals surface area contributed by atoms with Gasteiger partial charge < -0.3 is 15.2 Å². The molecule has 1 heterocycles. The highest BCUT2D eigenvalue weighted by molar-refractivity contribution is 7.92.